The molecule has 2 aromatic rings. The van der Waals surface area contributed by atoms with Crippen LogP contribution in [0.1, 0.15) is 5.56 Å². The van der Waals surface area contributed by atoms with Gasteiger partial charge < -0.3 is 5.73 Å². The van der Waals surface area contributed by atoms with Crippen LogP contribution < -0.4 is 5.73 Å². The highest BCUT2D eigenvalue weighted by atomic mass is 35.5. The quantitative estimate of drug-likeness (QED) is 0.861. The molecule has 0 aliphatic heterocycles. The predicted molar refractivity (Wildman–Crippen MR) is 66.7 cm³/mol. The van der Waals surface area contributed by atoms with Crippen LogP contribution in [0.25, 0.3) is 11.3 Å². The Balaban J connectivity index is 2.54. The maximum absolute atomic E-state index is 8.72. The van der Waals surface area contributed by atoms with Crippen LogP contribution in [-0.4, -0.2) is 4.98 Å². The van der Waals surface area contributed by atoms with E-state index in [-0.39, 0.29) is 5.82 Å². The molecule has 80 valence electrons. The summed E-state index contributed by atoms with van der Waals surface area (Å²) in [7, 11) is 0. The number of nitriles is 1. The second-order valence-corrected chi connectivity index (χ2v) is 5.26. The monoisotopic (exact) mass is 269 g/mol. The topological polar surface area (TPSA) is 62.7 Å². The van der Waals surface area contributed by atoms with Crippen LogP contribution in [0.5, 0.6) is 0 Å². The first-order valence-electron chi connectivity index (χ1n) is 4.23. The highest BCUT2D eigenvalue weighted by Crippen LogP contribution is 2.37. The summed E-state index contributed by atoms with van der Waals surface area (Å²) in [6.07, 6.45) is 0. The van der Waals surface area contributed by atoms with E-state index in [1.807, 2.05) is 6.07 Å². The number of nitrogens with two attached hydrogens (primary N) is 1. The van der Waals surface area contributed by atoms with Crippen molar-refractivity contribution in [2.75, 3.05) is 5.73 Å². The lowest BCUT2D eigenvalue weighted by Crippen LogP contribution is -1.95. The minimum atomic E-state index is 0.193. The Morgan fingerprint density at radius 3 is 2.62 bits per heavy atom. The first-order valence-corrected chi connectivity index (χ1v) is 5.81. The summed E-state index contributed by atoms with van der Waals surface area (Å²) in [5, 5.41) is 8.72. The van der Waals surface area contributed by atoms with Gasteiger partial charge in [-0.2, -0.15) is 5.26 Å². The standard InChI is InChI=1S/C10H5Cl2N3S/c11-8-3-6(9(12)16-8)7-2-1-5(4-13)10(14)15-7/h1-3H,(H2,14,15). The molecule has 0 saturated carbocycles. The zero-order valence-corrected chi connectivity index (χ0v) is 10.2. The second-order valence-electron chi connectivity index (χ2n) is 2.98. The summed E-state index contributed by atoms with van der Waals surface area (Å²) >= 11 is 13.1. The van der Waals surface area contributed by atoms with E-state index >= 15 is 0 Å². The van der Waals surface area contributed by atoms with Crippen LogP contribution in [0.15, 0.2) is 18.2 Å². The van der Waals surface area contributed by atoms with E-state index < -0.39 is 0 Å². The number of nitrogen functional groups attached to an aromatic ring is 1. The fourth-order valence-corrected chi connectivity index (χ4v) is 2.72. The number of halogens is 2. The number of aromatic nitrogens is 1. The van der Waals surface area contributed by atoms with E-state index in [9.17, 15) is 0 Å². The van der Waals surface area contributed by atoms with Crippen LogP contribution in [0.2, 0.25) is 8.67 Å². The number of pyridine rings is 1. The van der Waals surface area contributed by atoms with Gasteiger partial charge in [0.25, 0.3) is 0 Å². The molecule has 3 nitrogen and oxygen atoms in total. The zero-order valence-electron chi connectivity index (χ0n) is 7.87. The molecule has 0 amide bonds. The van der Waals surface area contributed by atoms with Crippen molar-refractivity contribution in [1.29, 1.82) is 5.26 Å². The van der Waals surface area contributed by atoms with E-state index in [4.69, 9.17) is 34.2 Å². The molecule has 2 aromatic heterocycles. The van der Waals surface area contributed by atoms with E-state index in [0.717, 1.165) is 5.56 Å². The molecule has 0 fully saturated rings. The highest BCUT2D eigenvalue weighted by Gasteiger charge is 2.11. The Bertz CT molecular complexity index is 586. The van der Waals surface area contributed by atoms with Crippen LogP contribution in [-0.2, 0) is 0 Å². The molecule has 0 saturated heterocycles. The third-order valence-electron chi connectivity index (χ3n) is 1.98. The summed E-state index contributed by atoms with van der Waals surface area (Å²) in [5.74, 6) is 0.193. The van der Waals surface area contributed by atoms with Crippen LogP contribution >= 0.6 is 34.5 Å². The van der Waals surface area contributed by atoms with Gasteiger partial charge in [-0.15, -0.1) is 11.3 Å². The predicted octanol–water partition coefficient (Wildman–Crippen LogP) is 3.57. The van der Waals surface area contributed by atoms with Crippen molar-refractivity contribution in [2.45, 2.75) is 0 Å². The SMILES string of the molecule is N#Cc1ccc(-c2cc(Cl)sc2Cl)nc1N. The molecule has 0 aliphatic rings. The maximum Gasteiger partial charge on any atom is 0.142 e. The van der Waals surface area contributed by atoms with E-state index in [2.05, 4.69) is 4.98 Å². The summed E-state index contributed by atoms with van der Waals surface area (Å²) in [6.45, 7) is 0. The van der Waals surface area contributed by atoms with Gasteiger partial charge in [-0.3, -0.25) is 0 Å². The van der Waals surface area contributed by atoms with Gasteiger partial charge in [-0.05, 0) is 18.2 Å². The van der Waals surface area contributed by atoms with Gasteiger partial charge >= 0.3 is 0 Å². The molecule has 0 aromatic carbocycles. The van der Waals surface area contributed by atoms with Crippen molar-refractivity contribution >= 4 is 40.4 Å². The number of anilines is 1. The van der Waals surface area contributed by atoms with Crippen LogP contribution in [0.3, 0.4) is 0 Å². The molecular formula is C10H5Cl2N3S. The number of nitrogens with zero attached hydrogens (tertiary/aromatic N) is 2. The maximum atomic E-state index is 8.72. The molecule has 0 spiro atoms. The fourth-order valence-electron chi connectivity index (χ4n) is 1.23. The molecule has 16 heavy (non-hydrogen) atoms. The van der Waals surface area contributed by atoms with E-state index in [1.54, 1.807) is 18.2 Å². The smallest absolute Gasteiger partial charge is 0.142 e. The normalized spacial score (nSPS) is 10.1. The fraction of sp³-hybridized carbons (Fsp3) is 0. The van der Waals surface area contributed by atoms with Gasteiger partial charge in [0.1, 0.15) is 16.2 Å². The van der Waals surface area contributed by atoms with Gasteiger partial charge in [0.2, 0.25) is 0 Å². The zero-order chi connectivity index (χ0) is 11.7. The van der Waals surface area contributed by atoms with Gasteiger partial charge in [0, 0.05) is 5.56 Å². The van der Waals surface area contributed by atoms with Crippen molar-refractivity contribution < 1.29 is 0 Å². The van der Waals surface area contributed by atoms with Crippen molar-refractivity contribution in [2.24, 2.45) is 0 Å². The van der Waals surface area contributed by atoms with Gasteiger partial charge in [-0.1, -0.05) is 23.2 Å². The van der Waals surface area contributed by atoms with Crippen LogP contribution in [0.4, 0.5) is 5.82 Å². The molecular weight excluding hydrogens is 265 g/mol. The highest BCUT2D eigenvalue weighted by molar-refractivity contribution is 7.20. The molecule has 2 N–H and O–H groups in total. The average Bonchev–Trinajstić information content (AvgIpc) is 2.58. The first kappa shape index (κ1) is 11.2. The Morgan fingerprint density at radius 2 is 2.12 bits per heavy atom. The second kappa shape index (κ2) is 4.30. The van der Waals surface area contributed by atoms with Gasteiger partial charge in [-0.25, -0.2) is 4.98 Å². The van der Waals surface area contributed by atoms with Crippen molar-refractivity contribution in [3.63, 3.8) is 0 Å². The summed E-state index contributed by atoms with van der Waals surface area (Å²) in [5.41, 5.74) is 7.31. The van der Waals surface area contributed by atoms with E-state index in [0.29, 0.717) is 19.9 Å². The number of thiophene rings is 1. The average molecular weight is 270 g/mol. The summed E-state index contributed by atoms with van der Waals surface area (Å²) in [4.78, 5) is 4.11. The molecule has 0 atom stereocenters. The molecule has 0 bridgehead atoms. The molecule has 0 radical (unpaired) electrons. The minimum absolute atomic E-state index is 0.193. The number of hydrogen-bond donors (Lipinski definition) is 1. The summed E-state index contributed by atoms with van der Waals surface area (Å²) < 4.78 is 1.14. The molecule has 2 rings (SSSR count). The third kappa shape index (κ3) is 1.98. The first-order chi connectivity index (χ1) is 7.61. The van der Waals surface area contributed by atoms with Crippen molar-refractivity contribution in [3.8, 4) is 17.3 Å². The molecule has 2 heterocycles. The Morgan fingerprint density at radius 1 is 1.38 bits per heavy atom. The lowest BCUT2D eigenvalue weighted by molar-refractivity contribution is 1.31. The van der Waals surface area contributed by atoms with Gasteiger partial charge in [0.05, 0.1) is 15.6 Å². The van der Waals surface area contributed by atoms with Gasteiger partial charge in [0.15, 0.2) is 0 Å². The Kier molecular flexibility index (Phi) is 3.01. The molecule has 6 heteroatoms. The molecule has 0 aliphatic carbocycles. The van der Waals surface area contributed by atoms with Crippen molar-refractivity contribution in [3.05, 3.63) is 32.4 Å². The lowest BCUT2D eigenvalue weighted by atomic mass is 10.2. The number of rotatable bonds is 1. The minimum Gasteiger partial charge on any atom is -0.383 e. The van der Waals surface area contributed by atoms with Crippen molar-refractivity contribution in [1.82, 2.24) is 4.98 Å². The van der Waals surface area contributed by atoms with Crippen LogP contribution in [0, 0.1) is 11.3 Å². The Labute approximate surface area is 106 Å². The largest absolute Gasteiger partial charge is 0.383 e. The lowest BCUT2D eigenvalue weighted by Gasteiger charge is -2.01. The summed E-state index contributed by atoms with van der Waals surface area (Å²) in [6, 6.07) is 6.98. The van der Waals surface area contributed by atoms with E-state index in [1.165, 1.54) is 11.3 Å². The molecule has 0 unspecified atom stereocenters. The Hall–Kier alpha value is -1.28. The number of hydrogen-bond acceptors (Lipinski definition) is 4. The third-order valence-corrected chi connectivity index (χ3v) is 3.47.